The molecule has 2 aliphatic rings. The molecule has 10 nitrogen and oxygen atoms in total. The SMILES string of the molecule is O=C(NCCn1ncc2c(N3CCN(Cc4ccccc4)CC3)ncnc21)[C@H]1COc2ccccc2O1. The number of carbonyl (C=O) groups excluding carboxylic acids is 1. The largest absolute Gasteiger partial charge is 0.485 e. The van der Waals surface area contributed by atoms with E-state index in [-0.39, 0.29) is 12.5 Å². The average molecular weight is 500 g/mol. The molecule has 0 unspecified atom stereocenters. The third-order valence-electron chi connectivity index (χ3n) is 6.76. The van der Waals surface area contributed by atoms with Gasteiger partial charge in [0, 0.05) is 39.3 Å². The van der Waals surface area contributed by atoms with Crippen LogP contribution in [0.3, 0.4) is 0 Å². The van der Waals surface area contributed by atoms with Crippen molar-refractivity contribution >= 4 is 22.8 Å². The van der Waals surface area contributed by atoms with Crippen molar-refractivity contribution in [1.29, 1.82) is 0 Å². The quantitative estimate of drug-likeness (QED) is 0.413. The highest BCUT2D eigenvalue weighted by atomic mass is 16.6. The van der Waals surface area contributed by atoms with Gasteiger partial charge in [0.2, 0.25) is 6.10 Å². The summed E-state index contributed by atoms with van der Waals surface area (Å²) < 4.78 is 13.2. The van der Waals surface area contributed by atoms with Gasteiger partial charge in [-0.1, -0.05) is 42.5 Å². The van der Waals surface area contributed by atoms with Gasteiger partial charge in [-0.05, 0) is 17.7 Å². The Morgan fingerprint density at radius 3 is 2.59 bits per heavy atom. The minimum absolute atomic E-state index is 0.183. The third kappa shape index (κ3) is 5.05. The Kier molecular flexibility index (Phi) is 6.55. The highest BCUT2D eigenvalue weighted by Crippen LogP contribution is 2.31. The normalized spacial score (nSPS) is 17.6. The topological polar surface area (TPSA) is 97.6 Å². The lowest BCUT2D eigenvalue weighted by Crippen LogP contribution is -2.46. The molecule has 0 spiro atoms. The zero-order valence-corrected chi connectivity index (χ0v) is 20.5. The molecule has 0 radical (unpaired) electrons. The van der Waals surface area contributed by atoms with Crippen molar-refractivity contribution in [3.63, 3.8) is 0 Å². The highest BCUT2D eigenvalue weighted by molar-refractivity contribution is 5.86. The number of rotatable bonds is 7. The number of anilines is 1. The third-order valence-corrected chi connectivity index (χ3v) is 6.76. The van der Waals surface area contributed by atoms with E-state index in [1.165, 1.54) is 5.56 Å². The lowest BCUT2D eigenvalue weighted by molar-refractivity contribution is -0.130. The van der Waals surface area contributed by atoms with Crippen molar-refractivity contribution in [2.75, 3.05) is 44.2 Å². The zero-order chi connectivity index (χ0) is 25.0. The van der Waals surface area contributed by atoms with Crippen molar-refractivity contribution in [1.82, 2.24) is 30.0 Å². The second kappa shape index (κ2) is 10.4. The van der Waals surface area contributed by atoms with Crippen LogP contribution in [0.15, 0.2) is 67.1 Å². The van der Waals surface area contributed by atoms with Crippen molar-refractivity contribution < 1.29 is 14.3 Å². The Hall–Kier alpha value is -4.18. The fourth-order valence-electron chi connectivity index (χ4n) is 4.80. The van der Waals surface area contributed by atoms with Crippen LogP contribution >= 0.6 is 0 Å². The molecule has 2 aromatic heterocycles. The van der Waals surface area contributed by atoms with Crippen LogP contribution in [0.4, 0.5) is 5.82 Å². The predicted octanol–water partition coefficient (Wildman–Crippen LogP) is 2.10. The fraction of sp³-hybridized carbons (Fsp3) is 0.333. The Bertz CT molecular complexity index is 1370. The lowest BCUT2D eigenvalue weighted by Gasteiger charge is -2.35. The van der Waals surface area contributed by atoms with Crippen LogP contribution in [0.2, 0.25) is 0 Å². The van der Waals surface area contributed by atoms with Gasteiger partial charge in [-0.25, -0.2) is 14.6 Å². The number of piperazine rings is 1. The molecule has 4 heterocycles. The molecule has 0 aliphatic carbocycles. The molecule has 0 bridgehead atoms. The van der Waals surface area contributed by atoms with Crippen LogP contribution in [0.1, 0.15) is 5.56 Å². The smallest absolute Gasteiger partial charge is 0.264 e. The maximum atomic E-state index is 12.6. The van der Waals surface area contributed by atoms with E-state index in [0.29, 0.717) is 24.6 Å². The van der Waals surface area contributed by atoms with E-state index >= 15 is 0 Å². The second-order valence-corrected chi connectivity index (χ2v) is 9.21. The molecule has 1 amide bonds. The Morgan fingerprint density at radius 1 is 0.973 bits per heavy atom. The van der Waals surface area contributed by atoms with Gasteiger partial charge in [-0.15, -0.1) is 0 Å². The Labute approximate surface area is 214 Å². The summed E-state index contributed by atoms with van der Waals surface area (Å²) in [6.07, 6.45) is 2.73. The molecule has 1 fully saturated rings. The zero-order valence-electron chi connectivity index (χ0n) is 20.5. The van der Waals surface area contributed by atoms with Gasteiger partial charge in [-0.3, -0.25) is 9.69 Å². The summed E-state index contributed by atoms with van der Waals surface area (Å²) in [5.41, 5.74) is 2.10. The van der Waals surface area contributed by atoms with Crippen LogP contribution in [0, 0.1) is 0 Å². The maximum Gasteiger partial charge on any atom is 0.264 e. The van der Waals surface area contributed by atoms with E-state index in [2.05, 4.69) is 60.5 Å². The molecule has 1 atom stereocenters. The number of para-hydroxylation sites is 2. The van der Waals surface area contributed by atoms with Crippen LogP contribution in [-0.2, 0) is 17.9 Å². The van der Waals surface area contributed by atoms with Crippen molar-refractivity contribution in [2.24, 2.45) is 0 Å². The first kappa shape index (κ1) is 23.2. The molecular weight excluding hydrogens is 470 g/mol. The molecule has 190 valence electrons. The van der Waals surface area contributed by atoms with E-state index in [9.17, 15) is 4.79 Å². The lowest BCUT2D eigenvalue weighted by atomic mass is 10.2. The predicted molar refractivity (Wildman–Crippen MR) is 139 cm³/mol. The first-order chi connectivity index (χ1) is 18.2. The summed E-state index contributed by atoms with van der Waals surface area (Å²) in [6.45, 7) is 5.76. The molecule has 37 heavy (non-hydrogen) atoms. The van der Waals surface area contributed by atoms with Crippen LogP contribution in [0.25, 0.3) is 11.0 Å². The van der Waals surface area contributed by atoms with Crippen molar-refractivity contribution in [3.05, 3.63) is 72.7 Å². The first-order valence-corrected chi connectivity index (χ1v) is 12.6. The average Bonchev–Trinajstić information content (AvgIpc) is 3.37. The number of hydrogen-bond donors (Lipinski definition) is 1. The summed E-state index contributed by atoms with van der Waals surface area (Å²) in [7, 11) is 0. The van der Waals surface area contributed by atoms with Gasteiger partial charge >= 0.3 is 0 Å². The number of benzene rings is 2. The summed E-state index contributed by atoms with van der Waals surface area (Å²) >= 11 is 0. The van der Waals surface area contributed by atoms with Crippen molar-refractivity contribution in [2.45, 2.75) is 19.2 Å². The molecule has 0 saturated carbocycles. The van der Waals surface area contributed by atoms with Crippen LogP contribution < -0.4 is 19.7 Å². The number of nitrogens with zero attached hydrogens (tertiary/aromatic N) is 6. The van der Waals surface area contributed by atoms with Crippen LogP contribution in [0.5, 0.6) is 11.5 Å². The number of fused-ring (bicyclic) bond motifs is 2. The van der Waals surface area contributed by atoms with Gasteiger partial charge in [0.25, 0.3) is 5.91 Å². The summed E-state index contributed by atoms with van der Waals surface area (Å²) in [6, 6.07) is 17.9. The minimum atomic E-state index is -0.682. The molecule has 4 aromatic rings. The second-order valence-electron chi connectivity index (χ2n) is 9.21. The molecule has 2 aliphatic heterocycles. The van der Waals surface area contributed by atoms with E-state index in [4.69, 9.17) is 9.47 Å². The summed E-state index contributed by atoms with van der Waals surface area (Å²) in [5, 5.41) is 8.38. The minimum Gasteiger partial charge on any atom is -0.485 e. The van der Waals surface area contributed by atoms with Gasteiger partial charge in [-0.2, -0.15) is 5.10 Å². The molecular formula is C27H29N7O3. The number of amides is 1. The van der Waals surface area contributed by atoms with Crippen molar-refractivity contribution in [3.8, 4) is 11.5 Å². The maximum absolute atomic E-state index is 12.6. The van der Waals surface area contributed by atoms with E-state index in [0.717, 1.165) is 49.6 Å². The summed E-state index contributed by atoms with van der Waals surface area (Å²) in [4.78, 5) is 26.5. The van der Waals surface area contributed by atoms with Gasteiger partial charge in [0.1, 0.15) is 18.8 Å². The first-order valence-electron chi connectivity index (χ1n) is 12.6. The van der Waals surface area contributed by atoms with E-state index < -0.39 is 6.10 Å². The molecule has 2 aromatic carbocycles. The summed E-state index contributed by atoms with van der Waals surface area (Å²) in [5.74, 6) is 1.93. The standard InChI is InChI=1S/C27H29N7O3/c35-27(24-18-36-22-8-4-5-9-23(22)37-24)28-10-11-34-26-21(16-31-34)25(29-19-30-26)33-14-12-32(13-15-33)17-20-6-2-1-3-7-20/h1-9,16,19,24H,10-15,17-18H2,(H,28,35)/t24-/m1/s1. The number of nitrogens with one attached hydrogen (secondary N) is 1. The van der Waals surface area contributed by atoms with Crippen LogP contribution in [-0.4, -0.2) is 76.0 Å². The van der Waals surface area contributed by atoms with Gasteiger partial charge < -0.3 is 19.7 Å². The molecule has 1 N–H and O–H groups in total. The number of aromatic nitrogens is 4. The Balaban J connectivity index is 1.04. The Morgan fingerprint density at radius 2 is 1.76 bits per heavy atom. The highest BCUT2D eigenvalue weighted by Gasteiger charge is 2.27. The van der Waals surface area contributed by atoms with Gasteiger partial charge in [0.05, 0.1) is 18.1 Å². The molecule has 6 rings (SSSR count). The molecule has 10 heteroatoms. The molecule has 1 saturated heterocycles. The fourth-order valence-corrected chi connectivity index (χ4v) is 4.80. The van der Waals surface area contributed by atoms with Gasteiger partial charge in [0.15, 0.2) is 17.1 Å². The monoisotopic (exact) mass is 499 g/mol. The van der Waals surface area contributed by atoms with E-state index in [1.54, 1.807) is 17.1 Å². The van der Waals surface area contributed by atoms with E-state index in [1.807, 2.05) is 24.4 Å². The number of ether oxygens (including phenoxy) is 2. The number of carbonyl (C=O) groups is 1. The number of hydrogen-bond acceptors (Lipinski definition) is 8.